The van der Waals surface area contributed by atoms with Crippen LogP contribution in [-0.2, 0) is 14.4 Å². The van der Waals surface area contributed by atoms with Gasteiger partial charge in [0.15, 0.2) is 0 Å². The van der Waals surface area contributed by atoms with Crippen molar-refractivity contribution >= 4 is 24.1 Å². The second kappa shape index (κ2) is 7.07. The molecule has 1 rings (SSSR count). The van der Waals surface area contributed by atoms with Crippen molar-refractivity contribution in [3.63, 3.8) is 0 Å². The Kier molecular flexibility index (Phi) is 5.45. The Labute approximate surface area is 114 Å². The summed E-state index contributed by atoms with van der Waals surface area (Å²) in [7, 11) is 0. The zero-order valence-electron chi connectivity index (χ0n) is 10.8. The van der Waals surface area contributed by atoms with Gasteiger partial charge in [0, 0.05) is 6.20 Å². The van der Waals surface area contributed by atoms with Gasteiger partial charge in [-0.2, -0.15) is 0 Å². The van der Waals surface area contributed by atoms with Crippen molar-refractivity contribution in [1.82, 2.24) is 15.6 Å². The molecular formula is C12H15N3O5. The quantitative estimate of drug-likeness (QED) is 0.491. The fourth-order valence-electron chi connectivity index (χ4n) is 1.44. The average molecular weight is 281 g/mol. The molecule has 20 heavy (non-hydrogen) atoms. The first-order chi connectivity index (χ1) is 9.43. The van der Waals surface area contributed by atoms with Crippen LogP contribution in [0.2, 0.25) is 0 Å². The van der Waals surface area contributed by atoms with E-state index in [1.165, 1.54) is 6.92 Å². The third kappa shape index (κ3) is 4.56. The Bertz CT molecular complexity index is 497. The van der Waals surface area contributed by atoms with E-state index in [0.717, 1.165) is 0 Å². The number of aromatic amines is 1. The zero-order valence-corrected chi connectivity index (χ0v) is 10.8. The first-order valence-electron chi connectivity index (χ1n) is 5.85. The van der Waals surface area contributed by atoms with Gasteiger partial charge in [0.1, 0.15) is 18.0 Å². The fraction of sp³-hybridized carbons (Fsp3) is 0.333. The lowest BCUT2D eigenvalue weighted by Gasteiger charge is -2.16. The number of carbonyl (C=O) groups is 4. The molecule has 0 saturated carbocycles. The summed E-state index contributed by atoms with van der Waals surface area (Å²) in [5, 5.41) is 13.2. The summed E-state index contributed by atoms with van der Waals surface area (Å²) >= 11 is 0. The third-order valence-electron chi connectivity index (χ3n) is 2.47. The molecule has 2 amide bonds. The highest BCUT2D eigenvalue weighted by molar-refractivity contribution is 5.96. The Morgan fingerprint density at radius 3 is 2.60 bits per heavy atom. The van der Waals surface area contributed by atoms with Crippen LogP contribution in [-0.4, -0.2) is 46.2 Å². The molecule has 0 spiro atoms. The monoisotopic (exact) mass is 281 g/mol. The molecule has 0 aromatic carbocycles. The highest BCUT2D eigenvalue weighted by Gasteiger charge is 2.21. The average Bonchev–Trinajstić information content (AvgIpc) is 2.90. The predicted molar refractivity (Wildman–Crippen MR) is 68.0 cm³/mol. The van der Waals surface area contributed by atoms with E-state index in [4.69, 9.17) is 5.11 Å². The normalized spacial score (nSPS) is 13.1. The number of carbonyl (C=O) groups excluding carboxylic acids is 3. The molecule has 0 fully saturated rings. The second-order valence-corrected chi connectivity index (χ2v) is 4.13. The lowest BCUT2D eigenvalue weighted by molar-refractivity contribution is -0.138. The predicted octanol–water partition coefficient (Wildman–Crippen LogP) is -0.709. The molecule has 0 aliphatic heterocycles. The van der Waals surface area contributed by atoms with Crippen molar-refractivity contribution in [2.75, 3.05) is 0 Å². The number of rotatable bonds is 7. The summed E-state index contributed by atoms with van der Waals surface area (Å²) in [4.78, 5) is 47.2. The van der Waals surface area contributed by atoms with Crippen LogP contribution in [0.5, 0.6) is 0 Å². The van der Waals surface area contributed by atoms with Crippen molar-refractivity contribution < 1.29 is 24.3 Å². The Hall–Kier alpha value is -2.64. The van der Waals surface area contributed by atoms with Crippen LogP contribution in [0, 0.1) is 0 Å². The Morgan fingerprint density at radius 1 is 1.40 bits per heavy atom. The number of carboxylic acid groups (broad SMARTS) is 1. The van der Waals surface area contributed by atoms with Crippen molar-refractivity contribution in [3.05, 3.63) is 24.0 Å². The fourth-order valence-corrected chi connectivity index (χ4v) is 1.44. The van der Waals surface area contributed by atoms with Gasteiger partial charge in [-0.3, -0.25) is 14.4 Å². The van der Waals surface area contributed by atoms with Crippen LogP contribution in [0.4, 0.5) is 0 Å². The molecular weight excluding hydrogens is 266 g/mol. The summed E-state index contributed by atoms with van der Waals surface area (Å²) in [6.45, 7) is 1.43. The molecule has 4 N–H and O–H groups in total. The van der Waals surface area contributed by atoms with Gasteiger partial charge in [0.2, 0.25) is 5.91 Å². The van der Waals surface area contributed by atoms with E-state index in [-0.39, 0.29) is 0 Å². The van der Waals surface area contributed by atoms with Crippen molar-refractivity contribution in [2.24, 2.45) is 0 Å². The van der Waals surface area contributed by atoms with E-state index in [0.29, 0.717) is 12.0 Å². The highest BCUT2D eigenvalue weighted by atomic mass is 16.4. The van der Waals surface area contributed by atoms with Gasteiger partial charge in [0.25, 0.3) is 5.91 Å². The number of carboxylic acids is 1. The van der Waals surface area contributed by atoms with Crippen molar-refractivity contribution in [1.29, 1.82) is 0 Å². The molecule has 0 bridgehead atoms. The van der Waals surface area contributed by atoms with Gasteiger partial charge in [-0.1, -0.05) is 0 Å². The molecule has 2 unspecified atom stereocenters. The molecule has 8 nitrogen and oxygen atoms in total. The molecule has 1 aromatic rings. The molecule has 0 radical (unpaired) electrons. The largest absolute Gasteiger partial charge is 0.481 e. The summed E-state index contributed by atoms with van der Waals surface area (Å²) in [6, 6.07) is 1.15. The molecule has 108 valence electrons. The maximum Gasteiger partial charge on any atom is 0.305 e. The minimum atomic E-state index is -1.20. The number of amides is 2. The topological polar surface area (TPSA) is 128 Å². The SMILES string of the molecule is CC(NC(=O)c1ccc[nH]1)C(=O)NC(C=O)CC(=O)O. The highest BCUT2D eigenvalue weighted by Crippen LogP contribution is 1.96. The molecule has 0 aliphatic rings. The maximum absolute atomic E-state index is 11.7. The number of hydrogen-bond acceptors (Lipinski definition) is 4. The minimum Gasteiger partial charge on any atom is -0.481 e. The second-order valence-electron chi connectivity index (χ2n) is 4.13. The van der Waals surface area contributed by atoms with Crippen LogP contribution in [0.1, 0.15) is 23.8 Å². The lowest BCUT2D eigenvalue weighted by Crippen LogP contribution is -2.49. The standard InChI is InChI=1S/C12H15N3O5/c1-7(14-12(20)9-3-2-4-13-9)11(19)15-8(6-16)5-10(17)18/h2-4,6-8,13H,5H2,1H3,(H,14,20)(H,15,19)(H,17,18). The van der Waals surface area contributed by atoms with Gasteiger partial charge in [-0.05, 0) is 19.1 Å². The number of H-pyrrole nitrogens is 1. The lowest BCUT2D eigenvalue weighted by atomic mass is 10.2. The first-order valence-corrected chi connectivity index (χ1v) is 5.85. The molecule has 2 atom stereocenters. The summed E-state index contributed by atoms with van der Waals surface area (Å²) in [5.41, 5.74) is 0.294. The van der Waals surface area contributed by atoms with Gasteiger partial charge in [-0.15, -0.1) is 0 Å². The molecule has 8 heteroatoms. The first kappa shape index (κ1) is 15.4. The third-order valence-corrected chi connectivity index (χ3v) is 2.47. The van der Waals surface area contributed by atoms with Gasteiger partial charge in [-0.25, -0.2) is 0 Å². The van der Waals surface area contributed by atoms with Gasteiger partial charge < -0.3 is 25.5 Å². The smallest absolute Gasteiger partial charge is 0.305 e. The van der Waals surface area contributed by atoms with E-state index in [9.17, 15) is 19.2 Å². The number of nitrogens with one attached hydrogen (secondary N) is 3. The summed E-state index contributed by atoms with van der Waals surface area (Å²) in [5.74, 6) is -2.31. The number of hydrogen-bond donors (Lipinski definition) is 4. The van der Waals surface area contributed by atoms with Crippen LogP contribution in [0.25, 0.3) is 0 Å². The minimum absolute atomic E-state index is 0.294. The van der Waals surface area contributed by atoms with Crippen LogP contribution in [0.15, 0.2) is 18.3 Å². The maximum atomic E-state index is 11.7. The summed E-state index contributed by atoms with van der Waals surface area (Å²) in [6.07, 6.45) is 1.40. The molecule has 0 aliphatic carbocycles. The molecule has 1 aromatic heterocycles. The number of aromatic nitrogens is 1. The number of aliphatic carboxylic acids is 1. The van der Waals surface area contributed by atoms with Crippen molar-refractivity contribution in [2.45, 2.75) is 25.4 Å². The van der Waals surface area contributed by atoms with E-state index in [1.54, 1.807) is 18.3 Å². The molecule has 0 saturated heterocycles. The van der Waals surface area contributed by atoms with Gasteiger partial charge in [0.05, 0.1) is 12.5 Å². The summed E-state index contributed by atoms with van der Waals surface area (Å²) < 4.78 is 0. The number of aldehydes is 1. The van der Waals surface area contributed by atoms with Crippen LogP contribution in [0.3, 0.4) is 0 Å². The Morgan fingerprint density at radius 2 is 2.10 bits per heavy atom. The van der Waals surface area contributed by atoms with Crippen molar-refractivity contribution in [3.8, 4) is 0 Å². The molecule has 1 heterocycles. The van der Waals surface area contributed by atoms with E-state index < -0.39 is 36.3 Å². The van der Waals surface area contributed by atoms with E-state index in [1.807, 2.05) is 0 Å². The Balaban J connectivity index is 2.52. The van der Waals surface area contributed by atoms with E-state index in [2.05, 4.69) is 15.6 Å². The van der Waals surface area contributed by atoms with E-state index >= 15 is 0 Å². The van der Waals surface area contributed by atoms with Crippen LogP contribution >= 0.6 is 0 Å². The zero-order chi connectivity index (χ0) is 15.1. The van der Waals surface area contributed by atoms with Gasteiger partial charge >= 0.3 is 5.97 Å². The van der Waals surface area contributed by atoms with Crippen LogP contribution < -0.4 is 10.6 Å².